The van der Waals surface area contributed by atoms with Crippen LogP contribution in [-0.4, -0.2) is 5.97 Å². The minimum Gasteiger partial charge on any atom is -0.297 e. The lowest BCUT2D eigenvalue weighted by molar-refractivity contribution is -0.329. The molecule has 0 saturated heterocycles. The number of benzene rings is 1. The van der Waals surface area contributed by atoms with Gasteiger partial charge in [0, 0.05) is 6.42 Å². The first kappa shape index (κ1) is 20.7. The molecule has 1 aromatic carbocycles. The van der Waals surface area contributed by atoms with Gasteiger partial charge in [0.2, 0.25) is 0 Å². The normalized spacial score (nSPS) is 12.2. The largest absolute Gasteiger partial charge is 0.342 e. The van der Waals surface area contributed by atoms with Crippen LogP contribution in [0.15, 0.2) is 30.3 Å². The molecule has 24 heavy (non-hydrogen) atoms. The van der Waals surface area contributed by atoms with Crippen LogP contribution in [0.1, 0.15) is 85.1 Å². The Labute approximate surface area is 147 Å². The fourth-order valence-electron chi connectivity index (χ4n) is 2.53. The molecule has 0 aromatic heterocycles. The van der Waals surface area contributed by atoms with Gasteiger partial charge in [-0.05, 0) is 37.7 Å². The van der Waals surface area contributed by atoms with Crippen molar-refractivity contribution in [2.45, 2.75) is 85.2 Å². The van der Waals surface area contributed by atoms with Gasteiger partial charge < -0.3 is 0 Å². The zero-order valence-corrected chi connectivity index (χ0v) is 16.1. The van der Waals surface area contributed by atoms with Crippen LogP contribution in [0.4, 0.5) is 0 Å². The molecular weight excluding hydrogens is 300 g/mol. The molecule has 0 heterocycles. The van der Waals surface area contributed by atoms with E-state index in [0.717, 1.165) is 18.4 Å². The molecule has 1 rings (SSSR count). The summed E-state index contributed by atoms with van der Waals surface area (Å²) in [5.74, 6) is -0.284. The predicted octanol–water partition coefficient (Wildman–Crippen LogP) is 6.17. The summed E-state index contributed by atoms with van der Waals surface area (Å²) in [7, 11) is 0. The molecule has 0 spiro atoms. The van der Waals surface area contributed by atoms with Crippen molar-refractivity contribution in [3.8, 4) is 0 Å². The van der Waals surface area contributed by atoms with Gasteiger partial charge in [-0.1, -0.05) is 76.8 Å². The fraction of sp³-hybridized carbons (Fsp3) is 0.667. The number of rotatable bonds is 10. The summed E-state index contributed by atoms with van der Waals surface area (Å²) in [5, 5.41) is 0. The lowest BCUT2D eigenvalue weighted by Gasteiger charge is -2.23. The quantitative estimate of drug-likeness (QED) is 0.291. The molecule has 0 bridgehead atoms. The maximum absolute atomic E-state index is 11.8. The van der Waals surface area contributed by atoms with Crippen molar-refractivity contribution >= 4 is 5.97 Å². The molecule has 1 aromatic rings. The average Bonchev–Trinajstić information content (AvgIpc) is 2.52. The Morgan fingerprint density at radius 3 is 2.08 bits per heavy atom. The maximum atomic E-state index is 11.8. The summed E-state index contributed by atoms with van der Waals surface area (Å²) in [6.07, 6.45) is 7.30. The summed E-state index contributed by atoms with van der Waals surface area (Å²) < 4.78 is 0. The highest BCUT2D eigenvalue weighted by molar-refractivity contribution is 5.68. The number of carbonyl (C=O) groups is 1. The van der Waals surface area contributed by atoms with Gasteiger partial charge in [-0.15, -0.1) is 0 Å². The van der Waals surface area contributed by atoms with Crippen molar-refractivity contribution in [1.29, 1.82) is 0 Å². The van der Waals surface area contributed by atoms with Crippen LogP contribution < -0.4 is 0 Å². The van der Waals surface area contributed by atoms with Gasteiger partial charge in [0.05, 0.1) is 0 Å². The lowest BCUT2D eigenvalue weighted by atomic mass is 9.89. The fourth-order valence-corrected chi connectivity index (χ4v) is 2.53. The molecular formula is C21H34O3. The molecule has 0 radical (unpaired) electrons. The molecule has 0 aliphatic heterocycles. The van der Waals surface area contributed by atoms with Crippen LogP contribution in [0.25, 0.3) is 0 Å². The predicted molar refractivity (Wildman–Crippen MR) is 98.4 cm³/mol. The van der Waals surface area contributed by atoms with Gasteiger partial charge in [0.15, 0.2) is 0 Å². The molecule has 0 saturated carbocycles. The van der Waals surface area contributed by atoms with Crippen LogP contribution >= 0.6 is 0 Å². The first-order valence-corrected chi connectivity index (χ1v) is 9.15. The maximum Gasteiger partial charge on any atom is 0.342 e. The highest BCUT2D eigenvalue weighted by Gasteiger charge is 2.24. The topological polar surface area (TPSA) is 35.5 Å². The van der Waals surface area contributed by atoms with Crippen molar-refractivity contribution in [2.75, 3.05) is 0 Å². The van der Waals surface area contributed by atoms with Crippen LogP contribution in [0.3, 0.4) is 0 Å². The van der Waals surface area contributed by atoms with Crippen molar-refractivity contribution in [2.24, 2.45) is 5.41 Å². The van der Waals surface area contributed by atoms with Crippen LogP contribution in [0.2, 0.25) is 0 Å². The van der Waals surface area contributed by atoms with Crippen molar-refractivity contribution < 1.29 is 14.6 Å². The Hall–Kier alpha value is -1.35. The molecule has 3 heteroatoms. The monoisotopic (exact) mass is 334 g/mol. The molecule has 0 unspecified atom stereocenters. The van der Waals surface area contributed by atoms with E-state index in [2.05, 4.69) is 20.8 Å². The summed E-state index contributed by atoms with van der Waals surface area (Å²) in [6.45, 7) is 10.6. The van der Waals surface area contributed by atoms with Crippen molar-refractivity contribution in [3.05, 3.63) is 35.9 Å². The Balaban J connectivity index is 2.12. The van der Waals surface area contributed by atoms with E-state index < -0.39 is 5.60 Å². The first-order valence-electron chi connectivity index (χ1n) is 9.15. The van der Waals surface area contributed by atoms with E-state index in [4.69, 9.17) is 9.78 Å². The molecule has 136 valence electrons. The van der Waals surface area contributed by atoms with Gasteiger partial charge >= 0.3 is 5.97 Å². The van der Waals surface area contributed by atoms with Crippen LogP contribution in [-0.2, 0) is 20.2 Å². The van der Waals surface area contributed by atoms with E-state index in [1.807, 2.05) is 44.2 Å². The number of hydrogen-bond donors (Lipinski definition) is 0. The Morgan fingerprint density at radius 2 is 1.46 bits per heavy atom. The number of unbranched alkanes of at least 4 members (excludes halogenated alkanes) is 4. The summed E-state index contributed by atoms with van der Waals surface area (Å²) >= 11 is 0. The molecule has 0 aliphatic carbocycles. The number of carbonyl (C=O) groups excluding carboxylic acids is 1. The van der Waals surface area contributed by atoms with E-state index >= 15 is 0 Å². The number of hydrogen-bond acceptors (Lipinski definition) is 3. The SMILES string of the molecule is CC(C)(C)CCCCCCCC(=O)OOC(C)(C)c1ccccc1. The van der Waals surface area contributed by atoms with Gasteiger partial charge in [-0.25, -0.2) is 4.79 Å². The minimum atomic E-state index is -0.635. The van der Waals surface area contributed by atoms with E-state index in [1.165, 1.54) is 25.7 Å². The highest BCUT2D eigenvalue weighted by atomic mass is 17.2. The van der Waals surface area contributed by atoms with Gasteiger partial charge in [0.25, 0.3) is 0 Å². The third-order valence-corrected chi connectivity index (χ3v) is 4.12. The van der Waals surface area contributed by atoms with Crippen LogP contribution in [0, 0.1) is 5.41 Å². The molecule has 0 amide bonds. The zero-order chi connectivity index (χ0) is 18.1. The van der Waals surface area contributed by atoms with Gasteiger partial charge in [-0.3, -0.25) is 4.89 Å². The Morgan fingerprint density at radius 1 is 0.875 bits per heavy atom. The second-order valence-electron chi connectivity index (χ2n) is 8.24. The first-order chi connectivity index (χ1) is 11.2. The molecule has 0 fully saturated rings. The van der Waals surface area contributed by atoms with E-state index in [0.29, 0.717) is 11.8 Å². The molecule has 0 N–H and O–H groups in total. The van der Waals surface area contributed by atoms with Crippen molar-refractivity contribution in [3.63, 3.8) is 0 Å². The zero-order valence-electron chi connectivity index (χ0n) is 16.1. The van der Waals surface area contributed by atoms with E-state index in [9.17, 15) is 4.79 Å². The smallest absolute Gasteiger partial charge is 0.297 e. The van der Waals surface area contributed by atoms with Gasteiger partial charge in [-0.2, -0.15) is 4.89 Å². The second kappa shape index (κ2) is 9.83. The third-order valence-electron chi connectivity index (χ3n) is 4.12. The van der Waals surface area contributed by atoms with Gasteiger partial charge in [0.1, 0.15) is 5.60 Å². The average molecular weight is 334 g/mol. The standard InChI is InChI=1S/C21H34O3/c1-20(2,3)17-13-8-6-7-12-16-19(22)23-24-21(4,5)18-14-10-9-11-15-18/h9-11,14-15H,6-8,12-13,16-17H2,1-5H3. The second-order valence-corrected chi connectivity index (χ2v) is 8.24. The minimum absolute atomic E-state index is 0.284. The molecule has 0 atom stereocenters. The van der Waals surface area contributed by atoms with Crippen molar-refractivity contribution in [1.82, 2.24) is 0 Å². The highest BCUT2D eigenvalue weighted by Crippen LogP contribution is 2.25. The Bertz CT molecular complexity index is 472. The third kappa shape index (κ3) is 9.07. The summed E-state index contributed by atoms with van der Waals surface area (Å²) in [5.41, 5.74) is 0.771. The Kier molecular flexibility index (Phi) is 8.47. The summed E-state index contributed by atoms with van der Waals surface area (Å²) in [6, 6.07) is 9.77. The molecule has 0 aliphatic rings. The van der Waals surface area contributed by atoms with Crippen LogP contribution in [0.5, 0.6) is 0 Å². The summed E-state index contributed by atoms with van der Waals surface area (Å²) in [4.78, 5) is 22.1. The van der Waals surface area contributed by atoms with E-state index in [-0.39, 0.29) is 5.97 Å². The lowest BCUT2D eigenvalue weighted by Crippen LogP contribution is -2.23. The van der Waals surface area contributed by atoms with E-state index in [1.54, 1.807) is 0 Å². The molecule has 3 nitrogen and oxygen atoms in total.